The lowest BCUT2D eigenvalue weighted by Crippen LogP contribution is -2.39. The molecular formula is C9H20N2. The Morgan fingerprint density at radius 1 is 1.55 bits per heavy atom. The molecule has 1 saturated carbocycles. The third-order valence-corrected chi connectivity index (χ3v) is 2.86. The first kappa shape index (κ1) is 9.01. The summed E-state index contributed by atoms with van der Waals surface area (Å²) in [6.45, 7) is 4.22. The van der Waals surface area contributed by atoms with E-state index in [2.05, 4.69) is 18.9 Å². The lowest BCUT2D eigenvalue weighted by molar-refractivity contribution is 0.172. The fourth-order valence-corrected chi connectivity index (χ4v) is 1.44. The molecule has 0 aromatic rings. The van der Waals surface area contributed by atoms with Gasteiger partial charge >= 0.3 is 0 Å². The van der Waals surface area contributed by atoms with Crippen molar-refractivity contribution >= 4 is 0 Å². The van der Waals surface area contributed by atoms with Crippen LogP contribution in [0.4, 0.5) is 0 Å². The van der Waals surface area contributed by atoms with Crippen molar-refractivity contribution in [3.63, 3.8) is 0 Å². The maximum atomic E-state index is 5.57. The molecule has 1 fully saturated rings. The van der Waals surface area contributed by atoms with E-state index in [0.29, 0.717) is 6.04 Å². The van der Waals surface area contributed by atoms with Crippen molar-refractivity contribution in [2.24, 2.45) is 11.7 Å². The van der Waals surface area contributed by atoms with Gasteiger partial charge < -0.3 is 10.6 Å². The summed E-state index contributed by atoms with van der Waals surface area (Å²) in [4.78, 5) is 2.38. The van der Waals surface area contributed by atoms with Crippen molar-refractivity contribution in [3.05, 3.63) is 0 Å². The van der Waals surface area contributed by atoms with Gasteiger partial charge in [-0.2, -0.15) is 0 Å². The van der Waals surface area contributed by atoms with Gasteiger partial charge in [0.15, 0.2) is 0 Å². The molecule has 2 nitrogen and oxygen atoms in total. The predicted octanol–water partition coefficient (Wildman–Crippen LogP) is 1.07. The van der Waals surface area contributed by atoms with Crippen LogP contribution >= 0.6 is 0 Å². The Labute approximate surface area is 69.8 Å². The SMILES string of the molecule is C[C@H](CN)N(C)CC1CCC1. The maximum absolute atomic E-state index is 5.57. The van der Waals surface area contributed by atoms with Crippen molar-refractivity contribution in [2.45, 2.75) is 32.2 Å². The molecule has 0 aromatic carbocycles. The molecule has 0 saturated heterocycles. The van der Waals surface area contributed by atoms with E-state index in [9.17, 15) is 0 Å². The molecule has 0 radical (unpaired) electrons. The highest BCUT2D eigenvalue weighted by molar-refractivity contribution is 4.74. The van der Waals surface area contributed by atoms with E-state index in [1.807, 2.05) is 0 Å². The van der Waals surface area contributed by atoms with Crippen LogP contribution < -0.4 is 5.73 Å². The molecule has 2 heteroatoms. The molecule has 11 heavy (non-hydrogen) atoms. The van der Waals surface area contributed by atoms with Crippen LogP contribution in [-0.4, -0.2) is 31.1 Å². The molecule has 0 spiro atoms. The molecular weight excluding hydrogens is 136 g/mol. The molecule has 0 heterocycles. The van der Waals surface area contributed by atoms with E-state index in [0.717, 1.165) is 12.5 Å². The molecule has 0 bridgehead atoms. The summed E-state index contributed by atoms with van der Waals surface area (Å²) in [6.07, 6.45) is 4.30. The van der Waals surface area contributed by atoms with Gasteiger partial charge in [0.25, 0.3) is 0 Å². The molecule has 0 aliphatic heterocycles. The van der Waals surface area contributed by atoms with Gasteiger partial charge in [-0.3, -0.25) is 0 Å². The summed E-state index contributed by atoms with van der Waals surface area (Å²) < 4.78 is 0. The smallest absolute Gasteiger partial charge is 0.0187 e. The molecule has 1 aliphatic carbocycles. The van der Waals surface area contributed by atoms with Gasteiger partial charge in [-0.25, -0.2) is 0 Å². The molecule has 2 N–H and O–H groups in total. The highest BCUT2D eigenvalue weighted by atomic mass is 15.1. The van der Waals surface area contributed by atoms with Crippen LogP contribution in [0.25, 0.3) is 0 Å². The van der Waals surface area contributed by atoms with Crippen molar-refractivity contribution in [1.29, 1.82) is 0 Å². The van der Waals surface area contributed by atoms with Crippen LogP contribution in [0.2, 0.25) is 0 Å². The minimum atomic E-state index is 0.551. The third kappa shape index (κ3) is 2.46. The second-order valence-corrected chi connectivity index (χ2v) is 3.82. The first-order valence-corrected chi connectivity index (χ1v) is 4.64. The molecule has 0 amide bonds. The van der Waals surface area contributed by atoms with Gasteiger partial charge in [-0.05, 0) is 32.7 Å². The first-order chi connectivity index (χ1) is 5.24. The van der Waals surface area contributed by atoms with Gasteiger partial charge in [0, 0.05) is 19.1 Å². The Kier molecular flexibility index (Phi) is 3.34. The van der Waals surface area contributed by atoms with E-state index in [-0.39, 0.29) is 0 Å². The summed E-state index contributed by atoms with van der Waals surface area (Å²) in [5, 5.41) is 0. The zero-order valence-corrected chi connectivity index (χ0v) is 7.71. The number of likely N-dealkylation sites (N-methyl/N-ethyl adjacent to an activating group) is 1. The minimum Gasteiger partial charge on any atom is -0.329 e. The summed E-state index contributed by atoms with van der Waals surface area (Å²) in [5.74, 6) is 0.967. The second kappa shape index (κ2) is 4.07. The molecule has 66 valence electrons. The number of nitrogens with zero attached hydrogens (tertiary/aromatic N) is 1. The average molecular weight is 156 g/mol. The molecule has 0 unspecified atom stereocenters. The first-order valence-electron chi connectivity index (χ1n) is 4.64. The van der Waals surface area contributed by atoms with Crippen LogP contribution in [0.3, 0.4) is 0 Å². The fourth-order valence-electron chi connectivity index (χ4n) is 1.44. The highest BCUT2D eigenvalue weighted by Gasteiger charge is 2.20. The molecule has 0 aromatic heterocycles. The van der Waals surface area contributed by atoms with Gasteiger partial charge in [-0.1, -0.05) is 6.42 Å². The Balaban J connectivity index is 2.13. The van der Waals surface area contributed by atoms with Crippen molar-refractivity contribution < 1.29 is 0 Å². The largest absolute Gasteiger partial charge is 0.329 e. The minimum absolute atomic E-state index is 0.551. The normalized spacial score (nSPS) is 21.8. The fraction of sp³-hybridized carbons (Fsp3) is 1.00. The Bertz CT molecular complexity index is 110. The number of rotatable bonds is 4. The quantitative estimate of drug-likeness (QED) is 0.659. The Morgan fingerprint density at radius 2 is 2.18 bits per heavy atom. The van der Waals surface area contributed by atoms with Crippen molar-refractivity contribution in [3.8, 4) is 0 Å². The summed E-state index contributed by atoms with van der Waals surface area (Å²) in [7, 11) is 2.18. The van der Waals surface area contributed by atoms with E-state index < -0.39 is 0 Å². The number of hydrogen-bond acceptors (Lipinski definition) is 2. The van der Waals surface area contributed by atoms with E-state index in [4.69, 9.17) is 5.73 Å². The topological polar surface area (TPSA) is 29.3 Å². The zero-order valence-electron chi connectivity index (χ0n) is 7.71. The second-order valence-electron chi connectivity index (χ2n) is 3.82. The third-order valence-electron chi connectivity index (χ3n) is 2.86. The predicted molar refractivity (Wildman–Crippen MR) is 48.5 cm³/mol. The van der Waals surface area contributed by atoms with Crippen LogP contribution in [0.1, 0.15) is 26.2 Å². The molecule has 1 rings (SSSR count). The van der Waals surface area contributed by atoms with Crippen LogP contribution in [0.15, 0.2) is 0 Å². The van der Waals surface area contributed by atoms with Crippen molar-refractivity contribution in [2.75, 3.05) is 20.1 Å². The zero-order chi connectivity index (χ0) is 8.27. The van der Waals surface area contributed by atoms with E-state index in [1.54, 1.807) is 0 Å². The van der Waals surface area contributed by atoms with Crippen LogP contribution in [0.5, 0.6) is 0 Å². The van der Waals surface area contributed by atoms with Crippen molar-refractivity contribution in [1.82, 2.24) is 4.90 Å². The standard InChI is InChI=1S/C9H20N2/c1-8(6-10)11(2)7-9-4-3-5-9/h8-9H,3-7,10H2,1-2H3/t8-/m1/s1. The maximum Gasteiger partial charge on any atom is 0.0187 e. The van der Waals surface area contributed by atoms with Gasteiger partial charge in [-0.15, -0.1) is 0 Å². The van der Waals surface area contributed by atoms with Gasteiger partial charge in [0.05, 0.1) is 0 Å². The van der Waals surface area contributed by atoms with Gasteiger partial charge in [0.2, 0.25) is 0 Å². The highest BCUT2D eigenvalue weighted by Crippen LogP contribution is 2.26. The van der Waals surface area contributed by atoms with E-state index >= 15 is 0 Å². The average Bonchev–Trinajstić information content (AvgIpc) is 1.94. The molecule has 1 atom stereocenters. The molecule has 1 aliphatic rings. The summed E-state index contributed by atoms with van der Waals surface area (Å²) in [5.41, 5.74) is 5.57. The Morgan fingerprint density at radius 3 is 2.55 bits per heavy atom. The number of hydrogen-bond donors (Lipinski definition) is 1. The van der Waals surface area contributed by atoms with Crippen LogP contribution in [-0.2, 0) is 0 Å². The Hall–Kier alpha value is -0.0800. The lowest BCUT2D eigenvalue weighted by atomic mass is 9.85. The lowest BCUT2D eigenvalue weighted by Gasteiger charge is -2.32. The van der Waals surface area contributed by atoms with Crippen LogP contribution in [0, 0.1) is 5.92 Å². The number of nitrogens with two attached hydrogens (primary N) is 1. The van der Waals surface area contributed by atoms with E-state index in [1.165, 1.54) is 25.8 Å². The summed E-state index contributed by atoms with van der Waals surface area (Å²) >= 11 is 0. The monoisotopic (exact) mass is 156 g/mol. The summed E-state index contributed by atoms with van der Waals surface area (Å²) in [6, 6.07) is 0.551. The van der Waals surface area contributed by atoms with Gasteiger partial charge in [0.1, 0.15) is 0 Å².